The van der Waals surface area contributed by atoms with Crippen molar-refractivity contribution in [2.75, 3.05) is 0 Å². The van der Waals surface area contributed by atoms with Gasteiger partial charge in [0.05, 0.1) is 4.92 Å². The molecule has 1 heterocycles. The van der Waals surface area contributed by atoms with Gasteiger partial charge in [-0.3, -0.25) is 15.1 Å². The van der Waals surface area contributed by atoms with Crippen LogP contribution in [0.2, 0.25) is 0 Å². The lowest BCUT2D eigenvalue weighted by molar-refractivity contribution is -0.385. The van der Waals surface area contributed by atoms with Crippen LogP contribution in [0.15, 0.2) is 54.7 Å². The Hall–Kier alpha value is -2.95. The maximum Gasteiger partial charge on any atom is 0.311 e. The molecule has 0 aliphatic carbocycles. The van der Waals surface area contributed by atoms with Gasteiger partial charge in [0.15, 0.2) is 5.75 Å². The number of fused-ring (bicyclic) bond motifs is 1. The van der Waals surface area contributed by atoms with Gasteiger partial charge in [-0.2, -0.15) is 0 Å². The highest BCUT2D eigenvalue weighted by molar-refractivity contribution is 5.87. The Kier molecular flexibility index (Phi) is 3.23. The van der Waals surface area contributed by atoms with Gasteiger partial charge < -0.3 is 4.74 Å². The molecule has 3 aromatic rings. The smallest absolute Gasteiger partial charge is 0.311 e. The summed E-state index contributed by atoms with van der Waals surface area (Å²) in [6.07, 6.45) is 1.70. The van der Waals surface area contributed by atoms with E-state index in [4.69, 9.17) is 4.74 Å². The van der Waals surface area contributed by atoms with Gasteiger partial charge >= 0.3 is 5.69 Å². The number of hydrogen-bond donors (Lipinski definition) is 0. The highest BCUT2D eigenvalue weighted by Crippen LogP contribution is 2.34. The molecule has 3 rings (SSSR count). The summed E-state index contributed by atoms with van der Waals surface area (Å²) in [7, 11) is 0. The van der Waals surface area contributed by atoms with E-state index in [1.807, 2.05) is 25.1 Å². The largest absolute Gasteiger partial charge is 0.448 e. The summed E-state index contributed by atoms with van der Waals surface area (Å²) in [5.41, 5.74) is 1.70. The first kappa shape index (κ1) is 13.1. The van der Waals surface area contributed by atoms with Crippen LogP contribution < -0.4 is 4.74 Å². The summed E-state index contributed by atoms with van der Waals surface area (Å²) in [5, 5.41) is 12.0. The van der Waals surface area contributed by atoms with Crippen LogP contribution >= 0.6 is 0 Å². The molecule has 0 spiro atoms. The molecule has 5 nitrogen and oxygen atoms in total. The van der Waals surface area contributed by atoms with E-state index in [9.17, 15) is 10.1 Å². The molecule has 1 aromatic heterocycles. The van der Waals surface area contributed by atoms with Crippen molar-refractivity contribution in [2.24, 2.45) is 0 Å². The number of para-hydroxylation sites is 3. The fourth-order valence-electron chi connectivity index (χ4n) is 2.18. The van der Waals surface area contributed by atoms with Crippen LogP contribution in [-0.4, -0.2) is 9.91 Å². The van der Waals surface area contributed by atoms with Crippen molar-refractivity contribution in [2.45, 2.75) is 6.92 Å². The first-order chi connectivity index (χ1) is 10.2. The van der Waals surface area contributed by atoms with Crippen LogP contribution in [0.25, 0.3) is 10.9 Å². The normalized spacial score (nSPS) is 10.5. The van der Waals surface area contributed by atoms with Crippen molar-refractivity contribution >= 4 is 16.6 Å². The second-order valence-corrected chi connectivity index (χ2v) is 4.61. The van der Waals surface area contributed by atoms with Gasteiger partial charge in [-0.15, -0.1) is 0 Å². The highest BCUT2D eigenvalue weighted by atomic mass is 16.6. The molecule has 0 bridgehead atoms. The number of benzene rings is 2. The number of ether oxygens (including phenoxy) is 1. The molecule has 0 aliphatic rings. The average molecular weight is 280 g/mol. The zero-order chi connectivity index (χ0) is 14.8. The maximum absolute atomic E-state index is 11.0. The minimum atomic E-state index is -0.459. The van der Waals surface area contributed by atoms with Crippen LogP contribution in [0, 0.1) is 17.0 Å². The minimum Gasteiger partial charge on any atom is -0.448 e. The molecule has 104 valence electrons. The van der Waals surface area contributed by atoms with E-state index in [2.05, 4.69) is 4.98 Å². The van der Waals surface area contributed by atoms with Crippen LogP contribution in [0.4, 0.5) is 5.69 Å². The Morgan fingerprint density at radius 3 is 2.62 bits per heavy atom. The number of aryl methyl sites for hydroxylation is 1. The number of pyridine rings is 1. The summed E-state index contributed by atoms with van der Waals surface area (Å²) in [4.78, 5) is 14.9. The van der Waals surface area contributed by atoms with Crippen molar-refractivity contribution < 1.29 is 9.66 Å². The molecule has 2 aromatic carbocycles. The summed E-state index contributed by atoms with van der Waals surface area (Å²) in [6, 6.07) is 13.8. The Morgan fingerprint density at radius 1 is 1.05 bits per heavy atom. The predicted octanol–water partition coefficient (Wildman–Crippen LogP) is 4.24. The SMILES string of the molecule is Cc1ccnc2c(Oc3ccccc3[N+](=O)[O-])cccc12. The first-order valence-electron chi connectivity index (χ1n) is 6.42. The Labute approximate surface area is 121 Å². The van der Waals surface area contributed by atoms with Gasteiger partial charge in [0, 0.05) is 17.6 Å². The highest BCUT2D eigenvalue weighted by Gasteiger charge is 2.16. The van der Waals surface area contributed by atoms with Gasteiger partial charge in [-0.1, -0.05) is 24.3 Å². The third kappa shape index (κ3) is 2.41. The van der Waals surface area contributed by atoms with E-state index in [1.54, 1.807) is 30.5 Å². The molecule has 0 saturated carbocycles. The molecular formula is C16H12N2O3. The maximum atomic E-state index is 11.0. The summed E-state index contributed by atoms with van der Waals surface area (Å²) >= 11 is 0. The Bertz CT molecular complexity index is 831. The summed E-state index contributed by atoms with van der Waals surface area (Å²) < 4.78 is 5.73. The molecule has 0 amide bonds. The van der Waals surface area contributed by atoms with E-state index < -0.39 is 4.92 Å². The minimum absolute atomic E-state index is 0.0674. The van der Waals surface area contributed by atoms with Crippen molar-refractivity contribution in [3.63, 3.8) is 0 Å². The lowest BCUT2D eigenvalue weighted by atomic mass is 10.1. The van der Waals surface area contributed by atoms with Crippen LogP contribution in [0.1, 0.15) is 5.56 Å². The summed E-state index contributed by atoms with van der Waals surface area (Å²) in [5.74, 6) is 0.712. The second kappa shape index (κ2) is 5.20. The van der Waals surface area contributed by atoms with E-state index >= 15 is 0 Å². The van der Waals surface area contributed by atoms with Crippen molar-refractivity contribution in [1.29, 1.82) is 0 Å². The number of nitro groups is 1. The zero-order valence-electron chi connectivity index (χ0n) is 11.3. The van der Waals surface area contributed by atoms with Crippen molar-refractivity contribution in [1.82, 2.24) is 4.98 Å². The standard InChI is InChI=1S/C16H12N2O3/c1-11-9-10-17-16-12(11)5-4-8-15(16)21-14-7-3-2-6-13(14)18(19)20/h2-10H,1H3. The van der Waals surface area contributed by atoms with E-state index in [0.717, 1.165) is 10.9 Å². The quantitative estimate of drug-likeness (QED) is 0.531. The molecular weight excluding hydrogens is 268 g/mol. The topological polar surface area (TPSA) is 65.3 Å². The first-order valence-corrected chi connectivity index (χ1v) is 6.42. The number of aromatic nitrogens is 1. The molecule has 21 heavy (non-hydrogen) atoms. The van der Waals surface area contributed by atoms with Gasteiger partial charge in [0.1, 0.15) is 5.52 Å². The average Bonchev–Trinajstić information content (AvgIpc) is 2.49. The van der Waals surface area contributed by atoms with Gasteiger partial charge in [-0.05, 0) is 30.7 Å². The van der Waals surface area contributed by atoms with Crippen LogP contribution in [0.5, 0.6) is 11.5 Å². The predicted molar refractivity (Wildman–Crippen MR) is 79.7 cm³/mol. The third-order valence-electron chi connectivity index (χ3n) is 3.23. The Balaban J connectivity index is 2.11. The fourth-order valence-corrected chi connectivity index (χ4v) is 2.18. The fraction of sp³-hybridized carbons (Fsp3) is 0.0625. The number of rotatable bonds is 3. The molecule has 0 unspecified atom stereocenters. The third-order valence-corrected chi connectivity index (χ3v) is 3.23. The van der Waals surface area contributed by atoms with Gasteiger partial charge in [0.25, 0.3) is 0 Å². The van der Waals surface area contributed by atoms with Gasteiger partial charge in [-0.25, -0.2) is 0 Å². The lowest BCUT2D eigenvalue weighted by Crippen LogP contribution is -1.94. The second-order valence-electron chi connectivity index (χ2n) is 4.61. The van der Waals surface area contributed by atoms with E-state index in [-0.39, 0.29) is 11.4 Å². The molecule has 5 heteroatoms. The number of nitro benzene ring substituents is 1. The molecule has 0 saturated heterocycles. The molecule has 0 radical (unpaired) electrons. The molecule has 0 atom stereocenters. The summed E-state index contributed by atoms with van der Waals surface area (Å²) in [6.45, 7) is 1.98. The van der Waals surface area contributed by atoms with Crippen LogP contribution in [-0.2, 0) is 0 Å². The zero-order valence-corrected chi connectivity index (χ0v) is 11.3. The molecule has 0 aliphatic heterocycles. The number of nitrogens with zero attached hydrogens (tertiary/aromatic N) is 2. The van der Waals surface area contributed by atoms with E-state index in [1.165, 1.54) is 6.07 Å². The van der Waals surface area contributed by atoms with Crippen molar-refractivity contribution in [3.05, 3.63) is 70.4 Å². The monoisotopic (exact) mass is 280 g/mol. The molecule has 0 N–H and O–H groups in total. The van der Waals surface area contributed by atoms with Crippen molar-refractivity contribution in [3.8, 4) is 11.5 Å². The Morgan fingerprint density at radius 2 is 1.81 bits per heavy atom. The van der Waals surface area contributed by atoms with Crippen LogP contribution in [0.3, 0.4) is 0 Å². The molecule has 0 fully saturated rings. The van der Waals surface area contributed by atoms with E-state index in [0.29, 0.717) is 11.3 Å². The van der Waals surface area contributed by atoms with Gasteiger partial charge in [0.2, 0.25) is 5.75 Å². The number of hydrogen-bond acceptors (Lipinski definition) is 4. The lowest BCUT2D eigenvalue weighted by Gasteiger charge is -2.09.